The number of hydrogen-bond donors (Lipinski definition) is 1. The molecule has 1 aromatic heterocycles. The van der Waals surface area contributed by atoms with Crippen LogP contribution >= 0.6 is 15.9 Å². The van der Waals surface area contributed by atoms with Gasteiger partial charge in [0.15, 0.2) is 5.43 Å². The quantitative estimate of drug-likeness (QED) is 0.683. The van der Waals surface area contributed by atoms with Gasteiger partial charge in [-0.1, -0.05) is 28.1 Å². The number of aromatic amines is 1. The predicted octanol–water partition coefficient (Wildman–Crippen LogP) is 4.89. The van der Waals surface area contributed by atoms with Crippen LogP contribution in [0.3, 0.4) is 0 Å². The van der Waals surface area contributed by atoms with E-state index in [4.69, 9.17) is 4.74 Å². The van der Waals surface area contributed by atoms with Crippen LogP contribution in [0.2, 0.25) is 0 Å². The van der Waals surface area contributed by atoms with Crippen molar-refractivity contribution in [3.63, 3.8) is 0 Å². The molecule has 0 amide bonds. The number of rotatable bonds is 3. The van der Waals surface area contributed by atoms with Crippen molar-refractivity contribution in [1.82, 2.24) is 4.98 Å². The molecule has 0 unspecified atom stereocenters. The van der Waals surface area contributed by atoms with E-state index >= 15 is 0 Å². The fourth-order valence-corrected chi connectivity index (χ4v) is 2.49. The van der Waals surface area contributed by atoms with E-state index in [2.05, 4.69) is 20.9 Å². The number of alkyl halides is 3. The van der Waals surface area contributed by atoms with Crippen LogP contribution in [0.15, 0.2) is 57.8 Å². The Balaban J connectivity index is 1.89. The highest BCUT2D eigenvalue weighted by Crippen LogP contribution is 2.28. The SMILES string of the molecule is O=c1cc(C(F)(F)F)[nH]c2cc(OCc3ccc(Br)cc3)ccc12. The second-order valence-electron chi connectivity index (χ2n) is 5.17. The smallest absolute Gasteiger partial charge is 0.431 e. The molecule has 0 bridgehead atoms. The summed E-state index contributed by atoms with van der Waals surface area (Å²) in [5.74, 6) is 0.375. The second kappa shape index (κ2) is 6.32. The van der Waals surface area contributed by atoms with Gasteiger partial charge in [-0.25, -0.2) is 0 Å². The average molecular weight is 398 g/mol. The maximum atomic E-state index is 12.8. The van der Waals surface area contributed by atoms with Gasteiger partial charge in [0.25, 0.3) is 0 Å². The van der Waals surface area contributed by atoms with E-state index in [1.165, 1.54) is 12.1 Å². The summed E-state index contributed by atoms with van der Waals surface area (Å²) < 4.78 is 44.9. The van der Waals surface area contributed by atoms with E-state index in [1.807, 2.05) is 24.3 Å². The molecule has 0 saturated heterocycles. The second-order valence-corrected chi connectivity index (χ2v) is 6.08. The zero-order valence-electron chi connectivity index (χ0n) is 12.2. The minimum atomic E-state index is -4.61. The molecule has 3 rings (SSSR count). The standard InChI is InChI=1S/C17H11BrF3NO2/c18-11-3-1-10(2-4-11)9-24-12-5-6-13-14(7-12)22-16(8-15(13)23)17(19,20)21/h1-8H,9H2,(H,22,23). The molecule has 3 aromatic rings. The van der Waals surface area contributed by atoms with Crippen molar-refractivity contribution in [3.8, 4) is 5.75 Å². The number of halogens is 4. The molecular formula is C17H11BrF3NO2. The Bertz CT molecular complexity index is 933. The van der Waals surface area contributed by atoms with Gasteiger partial charge in [-0.3, -0.25) is 4.79 Å². The molecule has 0 atom stereocenters. The molecular weight excluding hydrogens is 387 g/mol. The minimum Gasteiger partial charge on any atom is -0.489 e. The van der Waals surface area contributed by atoms with Gasteiger partial charge in [-0.05, 0) is 29.8 Å². The fraction of sp³-hybridized carbons (Fsp3) is 0.118. The summed E-state index contributed by atoms with van der Waals surface area (Å²) in [4.78, 5) is 14.0. The van der Waals surface area contributed by atoms with Gasteiger partial charge in [0.2, 0.25) is 0 Å². The van der Waals surface area contributed by atoms with Gasteiger partial charge in [0.1, 0.15) is 18.1 Å². The maximum absolute atomic E-state index is 12.8. The molecule has 0 radical (unpaired) electrons. The lowest BCUT2D eigenvalue weighted by molar-refractivity contribution is -0.141. The first kappa shape index (κ1) is 16.6. The van der Waals surface area contributed by atoms with Gasteiger partial charge >= 0.3 is 6.18 Å². The summed E-state index contributed by atoms with van der Waals surface area (Å²) in [7, 11) is 0. The molecule has 0 spiro atoms. The van der Waals surface area contributed by atoms with Crippen molar-refractivity contribution >= 4 is 26.8 Å². The first-order chi connectivity index (χ1) is 11.3. The molecule has 124 valence electrons. The van der Waals surface area contributed by atoms with Crippen molar-refractivity contribution in [2.24, 2.45) is 0 Å². The average Bonchev–Trinajstić information content (AvgIpc) is 2.53. The number of benzene rings is 2. The fourth-order valence-electron chi connectivity index (χ4n) is 2.22. The van der Waals surface area contributed by atoms with Gasteiger partial charge in [-0.2, -0.15) is 13.2 Å². The number of fused-ring (bicyclic) bond motifs is 1. The summed E-state index contributed by atoms with van der Waals surface area (Å²) in [6.45, 7) is 0.266. The first-order valence-electron chi connectivity index (χ1n) is 6.94. The van der Waals surface area contributed by atoms with E-state index < -0.39 is 17.3 Å². The van der Waals surface area contributed by atoms with Gasteiger partial charge in [0, 0.05) is 22.0 Å². The predicted molar refractivity (Wildman–Crippen MR) is 88.0 cm³/mol. The van der Waals surface area contributed by atoms with Crippen molar-refractivity contribution in [2.75, 3.05) is 0 Å². The highest BCUT2D eigenvalue weighted by Gasteiger charge is 2.32. The van der Waals surface area contributed by atoms with E-state index in [9.17, 15) is 18.0 Å². The van der Waals surface area contributed by atoms with E-state index in [0.29, 0.717) is 11.8 Å². The monoisotopic (exact) mass is 397 g/mol. The molecule has 3 nitrogen and oxygen atoms in total. The van der Waals surface area contributed by atoms with Crippen LogP contribution in [0.1, 0.15) is 11.3 Å². The van der Waals surface area contributed by atoms with Crippen molar-refractivity contribution < 1.29 is 17.9 Å². The van der Waals surface area contributed by atoms with Crippen LogP contribution in [-0.4, -0.2) is 4.98 Å². The van der Waals surface area contributed by atoms with Crippen LogP contribution in [0.25, 0.3) is 10.9 Å². The van der Waals surface area contributed by atoms with Gasteiger partial charge in [0.05, 0.1) is 5.52 Å². The molecule has 0 saturated carbocycles. The Morgan fingerprint density at radius 2 is 1.75 bits per heavy atom. The molecule has 0 aliphatic rings. The Morgan fingerprint density at radius 1 is 1.04 bits per heavy atom. The van der Waals surface area contributed by atoms with Crippen molar-refractivity contribution in [2.45, 2.75) is 12.8 Å². The third-order valence-electron chi connectivity index (χ3n) is 3.43. The van der Waals surface area contributed by atoms with E-state index in [-0.39, 0.29) is 17.5 Å². The molecule has 0 aliphatic heterocycles. The number of pyridine rings is 1. The summed E-state index contributed by atoms with van der Waals surface area (Å²) in [5.41, 5.74) is -0.764. The van der Waals surface area contributed by atoms with Crippen LogP contribution in [0.5, 0.6) is 5.75 Å². The zero-order chi connectivity index (χ0) is 17.3. The number of nitrogens with one attached hydrogen (secondary N) is 1. The van der Waals surface area contributed by atoms with Crippen molar-refractivity contribution in [3.05, 3.63) is 74.5 Å². The molecule has 1 heterocycles. The molecule has 7 heteroatoms. The van der Waals surface area contributed by atoms with E-state index in [0.717, 1.165) is 10.0 Å². The number of ether oxygens (including phenoxy) is 1. The number of H-pyrrole nitrogens is 1. The summed E-state index contributed by atoms with van der Waals surface area (Å²) >= 11 is 3.33. The Labute approximate surface area is 143 Å². The van der Waals surface area contributed by atoms with Crippen LogP contribution in [0.4, 0.5) is 13.2 Å². The summed E-state index contributed by atoms with van der Waals surface area (Å²) in [5, 5.41) is 0.180. The third kappa shape index (κ3) is 3.62. The zero-order valence-corrected chi connectivity index (χ0v) is 13.7. The van der Waals surface area contributed by atoms with Crippen LogP contribution < -0.4 is 10.2 Å². The lowest BCUT2D eigenvalue weighted by Gasteiger charge is -2.10. The highest BCUT2D eigenvalue weighted by atomic mass is 79.9. The lowest BCUT2D eigenvalue weighted by atomic mass is 10.2. The topological polar surface area (TPSA) is 42.1 Å². The molecule has 1 N–H and O–H groups in total. The number of hydrogen-bond acceptors (Lipinski definition) is 2. The van der Waals surface area contributed by atoms with Crippen LogP contribution in [0, 0.1) is 0 Å². The largest absolute Gasteiger partial charge is 0.489 e. The molecule has 0 fully saturated rings. The maximum Gasteiger partial charge on any atom is 0.431 e. The molecule has 24 heavy (non-hydrogen) atoms. The normalized spacial score (nSPS) is 11.7. The van der Waals surface area contributed by atoms with Gasteiger partial charge < -0.3 is 9.72 Å². The summed E-state index contributed by atoms with van der Waals surface area (Å²) in [6, 6.07) is 12.4. The molecule has 2 aromatic carbocycles. The Hall–Kier alpha value is -2.28. The minimum absolute atomic E-state index is 0.0862. The Kier molecular flexibility index (Phi) is 4.36. The Morgan fingerprint density at radius 3 is 2.42 bits per heavy atom. The molecule has 0 aliphatic carbocycles. The highest BCUT2D eigenvalue weighted by molar-refractivity contribution is 9.10. The lowest BCUT2D eigenvalue weighted by Crippen LogP contribution is -2.13. The summed E-state index contributed by atoms with van der Waals surface area (Å²) in [6.07, 6.45) is -4.61. The van der Waals surface area contributed by atoms with E-state index in [1.54, 1.807) is 6.07 Å². The third-order valence-corrected chi connectivity index (χ3v) is 3.95. The van der Waals surface area contributed by atoms with Gasteiger partial charge in [-0.15, -0.1) is 0 Å². The first-order valence-corrected chi connectivity index (χ1v) is 7.74. The van der Waals surface area contributed by atoms with Crippen LogP contribution in [-0.2, 0) is 12.8 Å². The van der Waals surface area contributed by atoms with Crippen molar-refractivity contribution in [1.29, 1.82) is 0 Å². The number of aromatic nitrogens is 1.